The molecule has 99 heavy (non-hydrogen) atoms. The van der Waals surface area contributed by atoms with Crippen LogP contribution in [0.25, 0.3) is 197 Å². The van der Waals surface area contributed by atoms with Gasteiger partial charge in [-0.15, -0.1) is 0 Å². The van der Waals surface area contributed by atoms with Crippen LogP contribution in [0.15, 0.2) is 349 Å². The van der Waals surface area contributed by atoms with Crippen molar-refractivity contribution in [1.29, 1.82) is 0 Å². The first-order chi connectivity index (χ1) is 48.9. The second-order valence-electron chi connectivity index (χ2n) is 27.2. The second kappa shape index (κ2) is 22.2. The minimum Gasteiger partial charge on any atom is -0.455 e. The Bertz CT molecular complexity index is 6660. The molecule has 0 radical (unpaired) electrons. The van der Waals surface area contributed by atoms with Crippen molar-refractivity contribution < 1.29 is 8.83 Å². The topological polar surface area (TPSA) is 26.3 Å². The van der Waals surface area contributed by atoms with Crippen molar-refractivity contribution in [2.24, 2.45) is 0 Å². The molecule has 21 rings (SSSR count). The van der Waals surface area contributed by atoms with E-state index in [2.05, 4.69) is 354 Å². The molecule has 0 atom stereocenters. The van der Waals surface area contributed by atoms with Gasteiger partial charge in [-0.25, -0.2) is 0 Å². The molecule has 2 heteroatoms. The van der Waals surface area contributed by atoms with E-state index < -0.39 is 0 Å². The lowest BCUT2D eigenvalue weighted by molar-refractivity contribution is 0.660. The second-order valence-corrected chi connectivity index (χ2v) is 27.2. The van der Waals surface area contributed by atoms with Crippen LogP contribution in [0.5, 0.6) is 0 Å². The van der Waals surface area contributed by atoms with Crippen molar-refractivity contribution in [3.8, 4) is 77.9 Å². The Morgan fingerprint density at radius 1 is 0.202 bits per heavy atom. The van der Waals surface area contributed by atoms with E-state index in [1.807, 2.05) is 0 Å². The van der Waals surface area contributed by atoms with E-state index in [1.165, 1.54) is 148 Å². The van der Waals surface area contributed by atoms with E-state index >= 15 is 0 Å². The Morgan fingerprint density at radius 3 is 0.929 bits per heavy atom. The van der Waals surface area contributed by atoms with E-state index in [0.717, 1.165) is 60.6 Å². The van der Waals surface area contributed by atoms with E-state index in [1.54, 1.807) is 0 Å². The van der Waals surface area contributed by atoms with Gasteiger partial charge in [-0.1, -0.05) is 305 Å². The Labute approximate surface area is 572 Å². The summed E-state index contributed by atoms with van der Waals surface area (Å²) >= 11 is 0. The van der Waals surface area contributed by atoms with E-state index in [4.69, 9.17) is 8.83 Å². The molecular weight excluding hydrogens is 1200 g/mol. The molecule has 2 aromatic heterocycles. The summed E-state index contributed by atoms with van der Waals surface area (Å²) in [4.78, 5) is 0. The third-order valence-electron chi connectivity index (χ3n) is 21.5. The first-order valence-corrected chi connectivity index (χ1v) is 34.4. The van der Waals surface area contributed by atoms with Gasteiger partial charge in [0.05, 0.1) is 0 Å². The number of hydrogen-bond donors (Lipinski definition) is 0. The Balaban J connectivity index is 0.000000135. The summed E-state index contributed by atoms with van der Waals surface area (Å²) in [5.74, 6) is 0. The van der Waals surface area contributed by atoms with Crippen molar-refractivity contribution in [1.82, 2.24) is 0 Å². The highest BCUT2D eigenvalue weighted by Gasteiger charge is 2.36. The third kappa shape index (κ3) is 8.82. The van der Waals surface area contributed by atoms with Gasteiger partial charge in [0.15, 0.2) is 0 Å². The maximum atomic E-state index is 6.89. The number of hydrogen-bond acceptors (Lipinski definition) is 2. The van der Waals surface area contributed by atoms with Gasteiger partial charge in [0.1, 0.15) is 22.3 Å². The molecule has 0 N–H and O–H groups in total. The predicted molar refractivity (Wildman–Crippen MR) is 420 cm³/mol. The molecule has 0 amide bonds. The molecule has 0 unspecified atom stereocenters. The third-order valence-corrected chi connectivity index (χ3v) is 21.5. The van der Waals surface area contributed by atoms with Gasteiger partial charge in [0.25, 0.3) is 0 Å². The van der Waals surface area contributed by atoms with Crippen LogP contribution in [0.4, 0.5) is 0 Å². The molecule has 0 aliphatic heterocycles. The van der Waals surface area contributed by atoms with Crippen molar-refractivity contribution in [3.63, 3.8) is 0 Å². The van der Waals surface area contributed by atoms with Crippen LogP contribution in [0, 0.1) is 0 Å². The molecule has 2 heterocycles. The summed E-state index contributed by atoms with van der Waals surface area (Å²) in [6.07, 6.45) is 0. The van der Waals surface area contributed by atoms with E-state index in [-0.39, 0.29) is 5.41 Å². The summed E-state index contributed by atoms with van der Waals surface area (Å²) in [5, 5.41) is 22.0. The van der Waals surface area contributed by atoms with Crippen LogP contribution >= 0.6 is 0 Å². The van der Waals surface area contributed by atoms with Crippen LogP contribution in [-0.4, -0.2) is 0 Å². The number of furan rings is 2. The number of para-hydroxylation sites is 2. The Morgan fingerprint density at radius 2 is 0.495 bits per heavy atom. The van der Waals surface area contributed by atoms with Crippen LogP contribution < -0.4 is 0 Å². The maximum absolute atomic E-state index is 6.89. The van der Waals surface area contributed by atoms with Gasteiger partial charge in [-0.05, 0) is 202 Å². The zero-order valence-corrected chi connectivity index (χ0v) is 54.6. The zero-order chi connectivity index (χ0) is 65.5. The van der Waals surface area contributed by atoms with Crippen molar-refractivity contribution in [2.75, 3.05) is 0 Å². The monoisotopic (exact) mass is 1260 g/mol. The molecule has 1 aliphatic rings. The van der Waals surface area contributed by atoms with Crippen molar-refractivity contribution in [3.05, 3.63) is 351 Å². The fourth-order valence-corrected chi connectivity index (χ4v) is 16.9. The summed E-state index contributed by atoms with van der Waals surface area (Å²) in [5.41, 5.74) is 23.4. The van der Waals surface area contributed by atoms with Crippen LogP contribution in [0.3, 0.4) is 0 Å². The first-order valence-electron chi connectivity index (χ1n) is 34.4. The van der Waals surface area contributed by atoms with Gasteiger partial charge in [0, 0.05) is 38.1 Å². The van der Waals surface area contributed by atoms with E-state index in [0.29, 0.717) is 0 Å². The molecule has 20 aromatic rings. The highest BCUT2D eigenvalue weighted by atomic mass is 16.3. The van der Waals surface area contributed by atoms with Crippen molar-refractivity contribution in [2.45, 2.75) is 19.3 Å². The lowest BCUT2D eigenvalue weighted by atomic mass is 9.81. The largest absolute Gasteiger partial charge is 0.455 e. The number of benzene rings is 18. The Kier molecular flexibility index (Phi) is 12.7. The van der Waals surface area contributed by atoms with Crippen molar-refractivity contribution >= 4 is 119 Å². The van der Waals surface area contributed by atoms with Crippen LogP contribution in [0.1, 0.15) is 25.0 Å². The molecule has 0 saturated heterocycles. The molecule has 2 nitrogen and oxygen atoms in total. The molecule has 18 aromatic carbocycles. The SMILES string of the molecule is CC1(C)c2ccccc2-c2ccc(-c3ccc(-c4c5ccccc5c(-c5ccc6ccccc6c5)c5ccccc45)c4c3oc3ccccc34)cc21.c1ccc2cc(-c3c4ccccc4c(-c4ccc(-c5ccc6ccccc6c5)c5oc6ccccc6c45)c4ccccc34)ccc2c1. The summed E-state index contributed by atoms with van der Waals surface area (Å²) in [7, 11) is 0. The average molecular weight is 1260 g/mol. The summed E-state index contributed by atoms with van der Waals surface area (Å²) in [6.45, 7) is 4.69. The average Bonchev–Trinajstić information content (AvgIpc) is 1.71. The number of fused-ring (bicyclic) bond motifs is 16. The number of rotatable bonds is 6. The van der Waals surface area contributed by atoms with Crippen LogP contribution in [-0.2, 0) is 5.41 Å². The molecular formula is C97H62O2. The fourth-order valence-electron chi connectivity index (χ4n) is 16.9. The lowest BCUT2D eigenvalue weighted by Crippen LogP contribution is -2.14. The van der Waals surface area contributed by atoms with Gasteiger partial charge < -0.3 is 8.83 Å². The zero-order valence-electron chi connectivity index (χ0n) is 54.6. The fraction of sp³-hybridized carbons (Fsp3) is 0.0309. The molecule has 0 saturated carbocycles. The van der Waals surface area contributed by atoms with E-state index in [9.17, 15) is 0 Å². The Hall–Kier alpha value is -12.6. The maximum Gasteiger partial charge on any atom is 0.143 e. The minimum absolute atomic E-state index is 0.0838. The molecule has 0 fully saturated rings. The lowest BCUT2D eigenvalue weighted by Gasteiger charge is -2.22. The molecule has 462 valence electrons. The highest BCUT2D eigenvalue weighted by Crippen LogP contribution is 2.54. The normalized spacial score (nSPS) is 12.6. The molecule has 0 spiro atoms. The quantitative estimate of drug-likeness (QED) is 0.155. The predicted octanol–water partition coefficient (Wildman–Crippen LogP) is 27.6. The summed E-state index contributed by atoms with van der Waals surface area (Å²) < 4.78 is 13.7. The standard InChI is InChI=1S/C51H34O.C46H28O/c1-51(2)44-21-11-9-15-36(44)37-26-25-33(30-45(37)51)35-27-28-43(49-42-20-10-12-22-46(42)52-50(35)49)48-40-18-7-5-16-38(40)47(39-17-6-8-19-41(39)48)34-24-23-31-13-3-4-14-32(31)29-34;1-3-13-31-27-33(23-21-29(31)11-1)35-25-26-41(45-40-19-9-10-20-42(40)47-46(35)45)44-38-17-7-5-15-36(38)43(37-16-6-8-18-39(37)44)34-24-22-30-12-2-4-14-32(30)28-34/h3-30H,1-2H3;1-28H. The molecule has 1 aliphatic carbocycles. The van der Waals surface area contributed by atoms with Gasteiger partial charge in [-0.3, -0.25) is 0 Å². The first kappa shape index (κ1) is 56.7. The highest BCUT2D eigenvalue weighted by molar-refractivity contribution is 6.29. The smallest absolute Gasteiger partial charge is 0.143 e. The van der Waals surface area contributed by atoms with Gasteiger partial charge in [0.2, 0.25) is 0 Å². The summed E-state index contributed by atoms with van der Waals surface area (Å²) in [6, 6.07) is 124. The van der Waals surface area contributed by atoms with Gasteiger partial charge in [-0.2, -0.15) is 0 Å². The molecule has 0 bridgehead atoms. The van der Waals surface area contributed by atoms with Crippen LogP contribution in [0.2, 0.25) is 0 Å². The minimum atomic E-state index is -0.0838. The van der Waals surface area contributed by atoms with Gasteiger partial charge >= 0.3 is 0 Å².